The van der Waals surface area contributed by atoms with Crippen LogP contribution in [-0.4, -0.2) is 33.2 Å². The number of likely N-dealkylation sites (tertiary alicyclic amines) is 1. The zero-order valence-corrected chi connectivity index (χ0v) is 18.5. The Morgan fingerprint density at radius 3 is 2.70 bits per heavy atom. The van der Waals surface area contributed by atoms with Crippen LogP contribution in [0.5, 0.6) is 0 Å². The molecule has 2 aromatic heterocycles. The van der Waals surface area contributed by atoms with E-state index in [4.69, 9.17) is 4.42 Å². The highest BCUT2D eigenvalue weighted by Gasteiger charge is 2.47. The van der Waals surface area contributed by atoms with Crippen molar-refractivity contribution < 1.29 is 19.1 Å². The number of aromatic amines is 1. The molecule has 0 saturated carbocycles. The Labute approximate surface area is 191 Å². The standard InChI is InChI=1S/C27H24N2O4/c1-16-9-10-17(2)20(14-16)25(30)23-24(22-8-5-13-33-22)29(27(32)26(23)31)12-11-18-15-28-21-7-4-3-6-19(18)21/h3-10,13-15,24,28,30H,11-12H2,1-2H3/b25-23-. The largest absolute Gasteiger partial charge is 0.507 e. The lowest BCUT2D eigenvalue weighted by Gasteiger charge is -2.23. The molecule has 1 fully saturated rings. The first-order chi connectivity index (χ1) is 16.0. The molecular weight excluding hydrogens is 416 g/mol. The monoisotopic (exact) mass is 440 g/mol. The number of nitrogens with one attached hydrogen (secondary N) is 1. The van der Waals surface area contributed by atoms with E-state index < -0.39 is 17.7 Å². The van der Waals surface area contributed by atoms with Gasteiger partial charge < -0.3 is 19.4 Å². The third kappa shape index (κ3) is 3.53. The molecule has 1 unspecified atom stereocenters. The van der Waals surface area contributed by atoms with Gasteiger partial charge in [-0.2, -0.15) is 0 Å². The van der Waals surface area contributed by atoms with E-state index in [1.165, 1.54) is 11.2 Å². The summed E-state index contributed by atoms with van der Waals surface area (Å²) >= 11 is 0. The number of aliphatic hydroxyl groups excluding tert-OH is 1. The minimum absolute atomic E-state index is 0.0579. The Morgan fingerprint density at radius 1 is 1.09 bits per heavy atom. The van der Waals surface area contributed by atoms with E-state index in [0.717, 1.165) is 27.6 Å². The minimum atomic E-state index is -0.787. The molecule has 6 heteroatoms. The first kappa shape index (κ1) is 20.8. The van der Waals surface area contributed by atoms with Gasteiger partial charge in [0, 0.05) is 29.2 Å². The Balaban J connectivity index is 1.56. The van der Waals surface area contributed by atoms with Gasteiger partial charge in [-0.3, -0.25) is 9.59 Å². The second-order valence-electron chi connectivity index (χ2n) is 8.44. The lowest BCUT2D eigenvalue weighted by Crippen LogP contribution is -2.31. The van der Waals surface area contributed by atoms with Crippen LogP contribution in [0.3, 0.4) is 0 Å². The van der Waals surface area contributed by atoms with E-state index in [9.17, 15) is 14.7 Å². The number of hydrogen-bond acceptors (Lipinski definition) is 4. The Hall–Kier alpha value is -4.06. The summed E-state index contributed by atoms with van der Waals surface area (Å²) in [7, 11) is 0. The number of carbonyl (C=O) groups excluding carboxylic acids is 2. The van der Waals surface area contributed by atoms with Crippen LogP contribution < -0.4 is 0 Å². The average molecular weight is 440 g/mol. The van der Waals surface area contributed by atoms with Gasteiger partial charge in [0.05, 0.1) is 11.8 Å². The molecule has 1 atom stereocenters. The molecule has 1 aliphatic rings. The van der Waals surface area contributed by atoms with Crippen LogP contribution in [0.2, 0.25) is 0 Å². The van der Waals surface area contributed by atoms with E-state index in [1.807, 2.05) is 62.5 Å². The fraction of sp³-hybridized carbons (Fsp3) is 0.185. The quantitative estimate of drug-likeness (QED) is 0.259. The molecule has 4 aromatic rings. The predicted octanol–water partition coefficient (Wildman–Crippen LogP) is 5.04. The number of H-pyrrole nitrogens is 1. The van der Waals surface area contributed by atoms with E-state index >= 15 is 0 Å². The summed E-state index contributed by atoms with van der Waals surface area (Å²) in [5.41, 5.74) is 4.45. The van der Waals surface area contributed by atoms with Gasteiger partial charge in [0.25, 0.3) is 11.7 Å². The summed E-state index contributed by atoms with van der Waals surface area (Å²) in [6.07, 6.45) is 3.99. The molecule has 1 amide bonds. The molecule has 0 bridgehead atoms. The van der Waals surface area contributed by atoms with Crippen LogP contribution in [0.4, 0.5) is 0 Å². The number of aryl methyl sites for hydroxylation is 2. The fourth-order valence-electron chi connectivity index (χ4n) is 4.57. The van der Waals surface area contributed by atoms with E-state index in [1.54, 1.807) is 12.1 Å². The molecule has 3 heterocycles. The number of furan rings is 1. The number of aliphatic hydroxyl groups is 1. The molecule has 2 N–H and O–H groups in total. The number of amides is 1. The van der Waals surface area contributed by atoms with Crippen LogP contribution in [-0.2, 0) is 16.0 Å². The summed E-state index contributed by atoms with van der Waals surface area (Å²) < 4.78 is 5.62. The molecular formula is C27H24N2O4. The number of nitrogens with zero attached hydrogens (tertiary/aromatic N) is 1. The van der Waals surface area contributed by atoms with Crippen LogP contribution in [0, 0.1) is 13.8 Å². The second kappa shape index (κ2) is 8.13. The molecule has 5 rings (SSSR count). The molecule has 0 aliphatic carbocycles. The summed E-state index contributed by atoms with van der Waals surface area (Å²) in [5.74, 6) is -1.07. The molecule has 33 heavy (non-hydrogen) atoms. The maximum absolute atomic E-state index is 13.1. The van der Waals surface area contributed by atoms with Gasteiger partial charge in [0.1, 0.15) is 17.6 Å². The summed E-state index contributed by atoms with van der Waals surface area (Å²) in [5, 5.41) is 12.3. The maximum Gasteiger partial charge on any atom is 0.295 e. The molecule has 0 radical (unpaired) electrons. The van der Waals surface area contributed by atoms with E-state index in [2.05, 4.69) is 4.98 Å². The number of rotatable bonds is 5. The van der Waals surface area contributed by atoms with Crippen molar-refractivity contribution in [2.75, 3.05) is 6.54 Å². The second-order valence-corrected chi connectivity index (χ2v) is 8.44. The third-order valence-corrected chi connectivity index (χ3v) is 6.30. The Morgan fingerprint density at radius 2 is 1.91 bits per heavy atom. The van der Waals surface area contributed by atoms with Gasteiger partial charge in [-0.05, 0) is 55.7 Å². The van der Waals surface area contributed by atoms with E-state index in [0.29, 0.717) is 24.3 Å². The summed E-state index contributed by atoms with van der Waals surface area (Å²) in [6, 6.07) is 16.3. The van der Waals surface area contributed by atoms with Gasteiger partial charge in [0.15, 0.2) is 0 Å². The smallest absolute Gasteiger partial charge is 0.295 e. The Kier molecular flexibility index (Phi) is 5.13. The number of ketones is 1. The molecule has 0 spiro atoms. The zero-order valence-electron chi connectivity index (χ0n) is 18.5. The predicted molar refractivity (Wildman–Crippen MR) is 126 cm³/mol. The van der Waals surface area contributed by atoms with Gasteiger partial charge in [-0.15, -0.1) is 0 Å². The van der Waals surface area contributed by atoms with E-state index in [-0.39, 0.29) is 11.3 Å². The van der Waals surface area contributed by atoms with Crippen LogP contribution in [0.1, 0.15) is 34.1 Å². The van der Waals surface area contributed by atoms with Crippen LogP contribution in [0.25, 0.3) is 16.7 Å². The van der Waals surface area contributed by atoms with Crippen molar-refractivity contribution in [2.45, 2.75) is 26.3 Å². The molecule has 6 nitrogen and oxygen atoms in total. The van der Waals surface area contributed by atoms with Crippen molar-refractivity contribution in [1.29, 1.82) is 0 Å². The maximum atomic E-state index is 13.1. The number of hydrogen-bond donors (Lipinski definition) is 2. The number of aromatic nitrogens is 1. The lowest BCUT2D eigenvalue weighted by atomic mass is 9.96. The van der Waals surface area contributed by atoms with Gasteiger partial charge in [-0.1, -0.05) is 35.9 Å². The number of fused-ring (bicyclic) bond motifs is 1. The van der Waals surface area contributed by atoms with Crippen LogP contribution >= 0.6 is 0 Å². The topological polar surface area (TPSA) is 86.5 Å². The first-order valence-electron chi connectivity index (χ1n) is 10.9. The molecule has 1 aliphatic heterocycles. The highest BCUT2D eigenvalue weighted by molar-refractivity contribution is 6.46. The number of benzene rings is 2. The summed E-state index contributed by atoms with van der Waals surface area (Å²) in [6.45, 7) is 4.09. The van der Waals surface area contributed by atoms with Gasteiger partial charge in [0.2, 0.25) is 0 Å². The van der Waals surface area contributed by atoms with Gasteiger partial charge in [-0.25, -0.2) is 0 Å². The molecule has 166 valence electrons. The zero-order chi connectivity index (χ0) is 23.1. The average Bonchev–Trinajstić information content (AvgIpc) is 3.54. The normalized spacial score (nSPS) is 17.9. The number of carbonyl (C=O) groups is 2. The molecule has 1 saturated heterocycles. The minimum Gasteiger partial charge on any atom is -0.507 e. The first-order valence-corrected chi connectivity index (χ1v) is 10.9. The van der Waals surface area contributed by atoms with Crippen LogP contribution in [0.15, 0.2) is 77.0 Å². The van der Waals surface area contributed by atoms with Crippen molar-refractivity contribution in [1.82, 2.24) is 9.88 Å². The third-order valence-electron chi connectivity index (χ3n) is 6.30. The molecule has 2 aromatic carbocycles. The number of Topliss-reactive ketones (excluding diaryl/α,β-unsaturated/α-hetero) is 1. The van der Waals surface area contributed by atoms with Crippen molar-refractivity contribution in [3.63, 3.8) is 0 Å². The van der Waals surface area contributed by atoms with Crippen molar-refractivity contribution in [2.24, 2.45) is 0 Å². The summed E-state index contributed by atoms with van der Waals surface area (Å²) in [4.78, 5) is 31.0. The SMILES string of the molecule is Cc1ccc(C)c(/C(O)=C2/C(=O)C(=O)N(CCc3c[nH]c4ccccc34)C2c2ccco2)c1. The van der Waals surface area contributed by atoms with Crippen molar-refractivity contribution in [3.05, 3.63) is 101 Å². The van der Waals surface area contributed by atoms with Crippen molar-refractivity contribution in [3.8, 4) is 0 Å². The lowest BCUT2D eigenvalue weighted by molar-refractivity contribution is -0.140. The number of para-hydroxylation sites is 1. The van der Waals surface area contributed by atoms with Gasteiger partial charge >= 0.3 is 0 Å². The Bertz CT molecular complexity index is 1390. The highest BCUT2D eigenvalue weighted by atomic mass is 16.3. The highest BCUT2D eigenvalue weighted by Crippen LogP contribution is 2.40. The van der Waals surface area contributed by atoms with Crippen molar-refractivity contribution >= 4 is 28.4 Å². The fourth-order valence-corrected chi connectivity index (χ4v) is 4.57.